The lowest BCUT2D eigenvalue weighted by Gasteiger charge is -2.59. The van der Waals surface area contributed by atoms with Crippen molar-refractivity contribution in [2.24, 2.45) is 34.3 Å². The highest BCUT2D eigenvalue weighted by atomic mass is 16.3. The van der Waals surface area contributed by atoms with E-state index < -0.39 is 0 Å². The highest BCUT2D eigenvalue weighted by molar-refractivity contribution is 5.27. The van der Waals surface area contributed by atoms with Gasteiger partial charge in [-0.3, -0.25) is 0 Å². The number of aliphatic hydroxyl groups is 2. The summed E-state index contributed by atoms with van der Waals surface area (Å²) in [5.74, 6) is 1.43. The van der Waals surface area contributed by atoms with E-state index in [1.54, 1.807) is 0 Å². The molecule has 4 N–H and O–H groups in total. The summed E-state index contributed by atoms with van der Waals surface area (Å²) in [6.45, 7) is 4.69. The molecule has 4 aliphatic carbocycles. The second-order valence-electron chi connectivity index (χ2n) is 9.01. The monoisotopic (exact) mass is 305 g/mol. The summed E-state index contributed by atoms with van der Waals surface area (Å²) in [7, 11) is 0. The molecule has 0 bridgehead atoms. The molecular weight excluding hydrogens is 274 g/mol. The van der Waals surface area contributed by atoms with Crippen molar-refractivity contribution < 1.29 is 10.2 Å². The lowest BCUT2D eigenvalue weighted by Crippen LogP contribution is -2.56. The lowest BCUT2D eigenvalue weighted by atomic mass is 9.46. The molecule has 3 nitrogen and oxygen atoms in total. The molecule has 0 aromatic carbocycles. The van der Waals surface area contributed by atoms with Crippen molar-refractivity contribution in [2.45, 2.75) is 77.0 Å². The molecule has 4 rings (SSSR count). The largest absolute Gasteiger partial charge is 0.393 e. The molecule has 8 atom stereocenters. The van der Waals surface area contributed by atoms with E-state index >= 15 is 0 Å². The summed E-state index contributed by atoms with van der Waals surface area (Å²) in [4.78, 5) is 0. The van der Waals surface area contributed by atoms with Crippen molar-refractivity contribution in [3.8, 4) is 0 Å². The van der Waals surface area contributed by atoms with Gasteiger partial charge in [-0.2, -0.15) is 0 Å². The van der Waals surface area contributed by atoms with Crippen LogP contribution in [0, 0.1) is 28.6 Å². The maximum atomic E-state index is 10.9. The van der Waals surface area contributed by atoms with Gasteiger partial charge < -0.3 is 15.9 Å². The number of hydrogen-bond donors (Lipinski definition) is 3. The van der Waals surface area contributed by atoms with Crippen molar-refractivity contribution in [1.82, 2.24) is 0 Å². The third-order valence-electron chi connectivity index (χ3n) is 8.12. The summed E-state index contributed by atoms with van der Waals surface area (Å²) >= 11 is 0. The Morgan fingerprint density at radius 2 is 1.82 bits per heavy atom. The van der Waals surface area contributed by atoms with Crippen LogP contribution in [-0.4, -0.2) is 28.5 Å². The van der Waals surface area contributed by atoms with Crippen LogP contribution in [0.25, 0.3) is 0 Å². The first kappa shape index (κ1) is 15.2. The minimum absolute atomic E-state index is 0.0325. The van der Waals surface area contributed by atoms with Gasteiger partial charge in [0.1, 0.15) is 0 Å². The van der Waals surface area contributed by atoms with E-state index in [1.165, 1.54) is 12.0 Å². The molecular formula is C19H31NO2. The molecule has 0 amide bonds. The maximum Gasteiger partial charge on any atom is 0.0611 e. The van der Waals surface area contributed by atoms with E-state index in [2.05, 4.69) is 19.9 Å². The number of rotatable bonds is 0. The fraction of sp³-hybridized carbons (Fsp3) is 0.895. The van der Waals surface area contributed by atoms with Gasteiger partial charge in [-0.05, 0) is 73.5 Å². The van der Waals surface area contributed by atoms with Crippen LogP contribution in [0.1, 0.15) is 58.8 Å². The second kappa shape index (κ2) is 4.81. The Morgan fingerprint density at radius 1 is 1.05 bits per heavy atom. The van der Waals surface area contributed by atoms with Crippen LogP contribution < -0.4 is 5.73 Å². The number of fused-ring (bicyclic) bond motifs is 5. The highest BCUT2D eigenvalue weighted by Gasteiger charge is 2.60. The molecule has 0 heterocycles. The topological polar surface area (TPSA) is 66.5 Å². The maximum absolute atomic E-state index is 10.9. The molecule has 4 aliphatic rings. The summed E-state index contributed by atoms with van der Waals surface area (Å²) in [6.07, 6.45) is 9.14. The van der Waals surface area contributed by atoms with E-state index in [-0.39, 0.29) is 29.1 Å². The quantitative estimate of drug-likeness (QED) is 0.603. The van der Waals surface area contributed by atoms with Crippen LogP contribution in [0.3, 0.4) is 0 Å². The highest BCUT2D eigenvalue weighted by Crippen LogP contribution is 2.65. The summed E-state index contributed by atoms with van der Waals surface area (Å²) in [6, 6.07) is 0.175. The smallest absolute Gasteiger partial charge is 0.0611 e. The van der Waals surface area contributed by atoms with Crippen molar-refractivity contribution in [3.63, 3.8) is 0 Å². The molecule has 0 unspecified atom stereocenters. The van der Waals surface area contributed by atoms with Crippen molar-refractivity contribution in [3.05, 3.63) is 11.6 Å². The third kappa shape index (κ3) is 1.85. The molecule has 0 radical (unpaired) electrons. The zero-order chi connectivity index (χ0) is 15.7. The summed E-state index contributed by atoms with van der Waals surface area (Å²) < 4.78 is 0. The Labute approximate surface area is 134 Å². The van der Waals surface area contributed by atoms with Crippen LogP contribution in [0.2, 0.25) is 0 Å². The molecule has 0 aliphatic heterocycles. The SMILES string of the molecule is C[C@]12CC[C@H]3[C@@H]([C@@H](O)CC4=C[C@@H](N)CC[C@@]43C)[C@@H]1CC[C@@H]2O. The standard InChI is InChI=1S/C19H31NO2/c1-18-7-5-12(20)9-11(18)10-15(21)17-13-3-4-16(22)19(13,2)8-6-14(17)18/h9,12-17,21-22H,3-8,10,20H2,1-2H3/t12-,13-,14-,15-,16-,17-,18-,19-/m0/s1. The molecule has 22 heavy (non-hydrogen) atoms. The van der Waals surface area contributed by atoms with Gasteiger partial charge in [0, 0.05) is 6.04 Å². The molecule has 0 spiro atoms. The predicted octanol–water partition coefficient (Wildman–Crippen LogP) is 2.61. The molecule has 3 heteroatoms. The van der Waals surface area contributed by atoms with Gasteiger partial charge in [0.25, 0.3) is 0 Å². The lowest BCUT2D eigenvalue weighted by molar-refractivity contribution is -0.120. The molecule has 0 saturated heterocycles. The van der Waals surface area contributed by atoms with Gasteiger partial charge >= 0.3 is 0 Å². The Balaban J connectivity index is 1.72. The van der Waals surface area contributed by atoms with Gasteiger partial charge in [0.2, 0.25) is 0 Å². The van der Waals surface area contributed by atoms with Crippen LogP contribution >= 0.6 is 0 Å². The van der Waals surface area contributed by atoms with Gasteiger partial charge in [0.05, 0.1) is 12.2 Å². The molecule has 3 saturated carbocycles. The second-order valence-corrected chi connectivity index (χ2v) is 9.01. The Hall–Kier alpha value is -0.380. The Bertz CT molecular complexity index is 504. The fourth-order valence-corrected chi connectivity index (χ4v) is 6.69. The average Bonchev–Trinajstić information content (AvgIpc) is 2.77. The molecule has 124 valence electrons. The van der Waals surface area contributed by atoms with E-state index in [1.807, 2.05) is 0 Å². The van der Waals surface area contributed by atoms with Gasteiger partial charge in [-0.25, -0.2) is 0 Å². The number of aliphatic hydroxyl groups excluding tert-OH is 2. The molecule has 3 fully saturated rings. The Morgan fingerprint density at radius 3 is 2.59 bits per heavy atom. The van der Waals surface area contributed by atoms with Crippen molar-refractivity contribution >= 4 is 0 Å². The third-order valence-corrected chi connectivity index (χ3v) is 8.12. The van der Waals surface area contributed by atoms with Crippen LogP contribution in [0.5, 0.6) is 0 Å². The zero-order valence-corrected chi connectivity index (χ0v) is 14.0. The first-order valence-corrected chi connectivity index (χ1v) is 9.19. The van der Waals surface area contributed by atoms with E-state index in [4.69, 9.17) is 5.73 Å². The average molecular weight is 305 g/mol. The first-order chi connectivity index (χ1) is 10.4. The predicted molar refractivity (Wildman–Crippen MR) is 87.1 cm³/mol. The van der Waals surface area contributed by atoms with Crippen LogP contribution in [0.15, 0.2) is 11.6 Å². The van der Waals surface area contributed by atoms with Gasteiger partial charge in [-0.1, -0.05) is 25.5 Å². The minimum Gasteiger partial charge on any atom is -0.393 e. The van der Waals surface area contributed by atoms with E-state index in [9.17, 15) is 10.2 Å². The molecule has 0 aromatic rings. The van der Waals surface area contributed by atoms with E-state index in [0.29, 0.717) is 17.8 Å². The van der Waals surface area contributed by atoms with Crippen LogP contribution in [-0.2, 0) is 0 Å². The first-order valence-electron chi connectivity index (χ1n) is 9.19. The number of hydrogen-bond acceptors (Lipinski definition) is 3. The van der Waals surface area contributed by atoms with Crippen LogP contribution in [0.4, 0.5) is 0 Å². The summed E-state index contributed by atoms with van der Waals surface area (Å²) in [5.41, 5.74) is 7.83. The van der Waals surface area contributed by atoms with Gasteiger partial charge in [-0.15, -0.1) is 0 Å². The minimum atomic E-state index is -0.246. The van der Waals surface area contributed by atoms with Crippen molar-refractivity contribution in [1.29, 1.82) is 0 Å². The fourth-order valence-electron chi connectivity index (χ4n) is 6.69. The van der Waals surface area contributed by atoms with Gasteiger partial charge in [0.15, 0.2) is 0 Å². The molecule has 0 aromatic heterocycles. The Kier molecular flexibility index (Phi) is 3.32. The zero-order valence-electron chi connectivity index (χ0n) is 14.0. The van der Waals surface area contributed by atoms with E-state index in [0.717, 1.165) is 38.5 Å². The summed E-state index contributed by atoms with van der Waals surface area (Å²) in [5, 5.41) is 21.4. The van der Waals surface area contributed by atoms with Crippen molar-refractivity contribution in [2.75, 3.05) is 0 Å². The number of nitrogens with two attached hydrogens (primary N) is 1. The normalized spacial score (nSPS) is 57.6.